The number of aromatic nitrogens is 1. The summed E-state index contributed by atoms with van der Waals surface area (Å²) in [5, 5.41) is 0. The molecule has 18 heavy (non-hydrogen) atoms. The number of pyridine rings is 1. The van der Waals surface area contributed by atoms with Crippen molar-refractivity contribution in [3.8, 4) is 0 Å². The van der Waals surface area contributed by atoms with Crippen molar-refractivity contribution < 1.29 is 4.79 Å². The number of nitrogens with zero attached hydrogens (tertiary/aromatic N) is 3. The maximum Gasteiger partial charge on any atom is 0.223 e. The van der Waals surface area contributed by atoms with Gasteiger partial charge in [-0.05, 0) is 31.5 Å². The van der Waals surface area contributed by atoms with Crippen molar-refractivity contribution in [3.05, 3.63) is 29.6 Å². The van der Waals surface area contributed by atoms with Gasteiger partial charge in [-0.3, -0.25) is 9.78 Å². The smallest absolute Gasteiger partial charge is 0.223 e. The highest BCUT2D eigenvalue weighted by Crippen LogP contribution is 2.33. The van der Waals surface area contributed by atoms with Crippen LogP contribution in [-0.2, 0) is 11.3 Å². The summed E-state index contributed by atoms with van der Waals surface area (Å²) in [6.07, 6.45) is 2.49. The molecule has 1 atom stereocenters. The fourth-order valence-electron chi connectivity index (χ4n) is 3.05. The molecule has 0 saturated carbocycles. The molecule has 1 fully saturated rings. The van der Waals surface area contributed by atoms with Crippen molar-refractivity contribution >= 4 is 5.91 Å². The lowest BCUT2D eigenvalue weighted by molar-refractivity contribution is -0.135. The van der Waals surface area contributed by atoms with Crippen molar-refractivity contribution in [1.82, 2.24) is 14.8 Å². The summed E-state index contributed by atoms with van der Waals surface area (Å²) in [7, 11) is 2.10. The monoisotopic (exact) mass is 245 g/mol. The van der Waals surface area contributed by atoms with Crippen molar-refractivity contribution in [2.45, 2.75) is 25.9 Å². The largest absolute Gasteiger partial charge is 0.330 e. The lowest BCUT2D eigenvalue weighted by Crippen LogP contribution is -2.46. The summed E-state index contributed by atoms with van der Waals surface area (Å²) in [5.41, 5.74) is 2.26. The van der Waals surface area contributed by atoms with Crippen molar-refractivity contribution in [2.75, 3.05) is 20.1 Å². The molecule has 0 aliphatic carbocycles. The Bertz CT molecular complexity index is 468. The maximum absolute atomic E-state index is 12.3. The van der Waals surface area contributed by atoms with Crippen LogP contribution in [0.15, 0.2) is 18.3 Å². The SMILES string of the molecule is CC1c2cccnc2CN1C(=O)CC1CN(C)C1. The lowest BCUT2D eigenvalue weighted by atomic mass is 9.96. The van der Waals surface area contributed by atoms with Crippen LogP contribution >= 0.6 is 0 Å². The van der Waals surface area contributed by atoms with E-state index >= 15 is 0 Å². The van der Waals surface area contributed by atoms with Crippen molar-refractivity contribution in [2.24, 2.45) is 5.92 Å². The van der Waals surface area contributed by atoms with Crippen LogP contribution in [0.2, 0.25) is 0 Å². The van der Waals surface area contributed by atoms with E-state index < -0.39 is 0 Å². The highest BCUT2D eigenvalue weighted by molar-refractivity contribution is 5.78. The fourth-order valence-corrected chi connectivity index (χ4v) is 3.05. The van der Waals surface area contributed by atoms with Gasteiger partial charge in [0.25, 0.3) is 0 Å². The molecule has 0 aromatic carbocycles. The Morgan fingerprint density at radius 1 is 1.50 bits per heavy atom. The molecule has 3 heterocycles. The Balaban J connectivity index is 1.66. The minimum Gasteiger partial charge on any atom is -0.330 e. The Morgan fingerprint density at radius 2 is 2.28 bits per heavy atom. The minimum atomic E-state index is 0.180. The van der Waals surface area contributed by atoms with Gasteiger partial charge in [-0.2, -0.15) is 0 Å². The quantitative estimate of drug-likeness (QED) is 0.791. The molecular weight excluding hydrogens is 226 g/mol. The van der Waals surface area contributed by atoms with Gasteiger partial charge in [-0.25, -0.2) is 0 Å². The molecule has 1 aromatic rings. The lowest BCUT2D eigenvalue weighted by Gasteiger charge is -2.37. The first-order chi connectivity index (χ1) is 8.65. The molecule has 0 bridgehead atoms. The molecule has 1 unspecified atom stereocenters. The van der Waals surface area contributed by atoms with Gasteiger partial charge in [0, 0.05) is 25.7 Å². The molecule has 2 aliphatic heterocycles. The van der Waals surface area contributed by atoms with Crippen LogP contribution in [0.25, 0.3) is 0 Å². The molecule has 3 rings (SSSR count). The Morgan fingerprint density at radius 3 is 2.94 bits per heavy atom. The third-order valence-corrected chi connectivity index (χ3v) is 4.09. The summed E-state index contributed by atoms with van der Waals surface area (Å²) in [6, 6.07) is 4.21. The van der Waals surface area contributed by atoms with Gasteiger partial charge in [-0.1, -0.05) is 6.07 Å². The third kappa shape index (κ3) is 1.90. The molecule has 0 spiro atoms. The predicted molar refractivity (Wildman–Crippen MR) is 68.8 cm³/mol. The molecule has 0 radical (unpaired) electrons. The average Bonchev–Trinajstić information content (AvgIpc) is 2.66. The average molecular weight is 245 g/mol. The molecular formula is C14H19N3O. The van der Waals surface area contributed by atoms with Crippen LogP contribution < -0.4 is 0 Å². The standard InChI is InChI=1S/C14H19N3O/c1-10-12-4-3-5-15-13(12)9-17(10)14(18)6-11-7-16(2)8-11/h3-5,10-11H,6-9H2,1-2H3. The van der Waals surface area contributed by atoms with E-state index in [1.165, 1.54) is 5.56 Å². The second kappa shape index (κ2) is 4.35. The van der Waals surface area contributed by atoms with Gasteiger partial charge in [-0.15, -0.1) is 0 Å². The maximum atomic E-state index is 12.3. The zero-order valence-electron chi connectivity index (χ0n) is 11.0. The van der Waals surface area contributed by atoms with E-state index in [9.17, 15) is 4.79 Å². The van der Waals surface area contributed by atoms with E-state index in [1.54, 1.807) is 6.20 Å². The normalized spacial score (nSPS) is 23.9. The van der Waals surface area contributed by atoms with Gasteiger partial charge in [0.05, 0.1) is 18.3 Å². The first-order valence-corrected chi connectivity index (χ1v) is 6.57. The van der Waals surface area contributed by atoms with Gasteiger partial charge < -0.3 is 9.80 Å². The molecule has 4 heteroatoms. The van der Waals surface area contributed by atoms with Gasteiger partial charge in [0.1, 0.15) is 0 Å². The molecule has 2 aliphatic rings. The van der Waals surface area contributed by atoms with Gasteiger partial charge in [0.15, 0.2) is 0 Å². The van der Waals surface area contributed by atoms with Crippen LogP contribution in [0, 0.1) is 5.92 Å². The number of carbonyl (C=O) groups is 1. The Hall–Kier alpha value is -1.42. The highest BCUT2D eigenvalue weighted by Gasteiger charge is 2.34. The van der Waals surface area contributed by atoms with E-state index in [4.69, 9.17) is 0 Å². The zero-order chi connectivity index (χ0) is 12.7. The molecule has 96 valence electrons. The topological polar surface area (TPSA) is 36.4 Å². The first kappa shape index (κ1) is 11.7. The first-order valence-electron chi connectivity index (χ1n) is 6.57. The van der Waals surface area contributed by atoms with Crippen LogP contribution in [0.3, 0.4) is 0 Å². The van der Waals surface area contributed by atoms with Crippen LogP contribution in [0.4, 0.5) is 0 Å². The zero-order valence-corrected chi connectivity index (χ0v) is 11.0. The van der Waals surface area contributed by atoms with E-state index in [0.29, 0.717) is 18.9 Å². The molecule has 1 saturated heterocycles. The molecule has 1 aromatic heterocycles. The minimum absolute atomic E-state index is 0.180. The number of amides is 1. The number of hydrogen-bond donors (Lipinski definition) is 0. The van der Waals surface area contributed by atoms with E-state index in [2.05, 4.69) is 29.9 Å². The molecule has 1 amide bonds. The number of likely N-dealkylation sites (tertiary alicyclic amines) is 1. The van der Waals surface area contributed by atoms with E-state index in [-0.39, 0.29) is 11.9 Å². The summed E-state index contributed by atoms with van der Waals surface area (Å²) in [4.78, 5) is 20.9. The van der Waals surface area contributed by atoms with Crippen molar-refractivity contribution in [1.29, 1.82) is 0 Å². The van der Waals surface area contributed by atoms with E-state index in [0.717, 1.165) is 18.8 Å². The fraction of sp³-hybridized carbons (Fsp3) is 0.571. The predicted octanol–water partition coefficient (Wildman–Crippen LogP) is 1.44. The van der Waals surface area contributed by atoms with Gasteiger partial charge >= 0.3 is 0 Å². The Kier molecular flexibility index (Phi) is 2.82. The van der Waals surface area contributed by atoms with Crippen molar-refractivity contribution in [3.63, 3.8) is 0 Å². The summed E-state index contributed by atoms with van der Waals surface area (Å²) >= 11 is 0. The van der Waals surface area contributed by atoms with Gasteiger partial charge in [0.2, 0.25) is 5.91 Å². The Labute approximate surface area is 108 Å². The van der Waals surface area contributed by atoms with Crippen LogP contribution in [0.1, 0.15) is 30.6 Å². The van der Waals surface area contributed by atoms with E-state index in [1.807, 2.05) is 11.0 Å². The number of hydrogen-bond acceptors (Lipinski definition) is 3. The number of carbonyl (C=O) groups excluding carboxylic acids is 1. The number of fused-ring (bicyclic) bond motifs is 1. The van der Waals surface area contributed by atoms with Crippen LogP contribution in [-0.4, -0.2) is 40.8 Å². The second-order valence-electron chi connectivity index (χ2n) is 5.53. The summed E-state index contributed by atoms with van der Waals surface area (Å²) < 4.78 is 0. The second-order valence-corrected chi connectivity index (χ2v) is 5.53. The molecule has 0 N–H and O–H groups in total. The summed E-state index contributed by atoms with van der Waals surface area (Å²) in [5.74, 6) is 0.824. The molecule has 4 nitrogen and oxygen atoms in total. The summed E-state index contributed by atoms with van der Waals surface area (Å²) in [6.45, 7) is 4.88. The number of rotatable bonds is 2. The third-order valence-electron chi connectivity index (χ3n) is 4.09. The van der Waals surface area contributed by atoms with Crippen LogP contribution in [0.5, 0.6) is 0 Å². The highest BCUT2D eigenvalue weighted by atomic mass is 16.2.